The highest BCUT2D eigenvalue weighted by Gasteiger charge is 2.35. The van der Waals surface area contributed by atoms with E-state index in [1.807, 2.05) is 59.3 Å². The van der Waals surface area contributed by atoms with Crippen LogP contribution in [-0.4, -0.2) is 39.0 Å². The van der Waals surface area contributed by atoms with Crippen LogP contribution in [0.3, 0.4) is 0 Å². The van der Waals surface area contributed by atoms with Gasteiger partial charge in [0.05, 0.1) is 0 Å². The number of hydrogen-bond donors (Lipinski definition) is 2. The Hall–Kier alpha value is -3.58. The van der Waals surface area contributed by atoms with Crippen molar-refractivity contribution in [1.82, 2.24) is 14.8 Å². The molecule has 1 aliphatic rings. The zero-order valence-corrected chi connectivity index (χ0v) is 15.9. The molecule has 1 saturated heterocycles. The Morgan fingerprint density at radius 3 is 2.55 bits per heavy atom. The fourth-order valence-corrected chi connectivity index (χ4v) is 3.44. The summed E-state index contributed by atoms with van der Waals surface area (Å²) in [5.41, 5.74) is 2.82. The van der Waals surface area contributed by atoms with Crippen molar-refractivity contribution in [3.8, 4) is 0 Å². The SMILES string of the molecule is O=C(O)CN1C(=O)N/C(=C/c2cn(Cc3ccc(Cl)cc3)c3ccccc23)C1=O. The Balaban J connectivity index is 1.70. The summed E-state index contributed by atoms with van der Waals surface area (Å²) in [4.78, 5) is 35.9. The van der Waals surface area contributed by atoms with Crippen molar-refractivity contribution in [2.75, 3.05) is 6.54 Å². The number of hydrogen-bond acceptors (Lipinski definition) is 3. The van der Waals surface area contributed by atoms with Crippen LogP contribution >= 0.6 is 11.6 Å². The fourth-order valence-electron chi connectivity index (χ4n) is 3.31. The van der Waals surface area contributed by atoms with Gasteiger partial charge < -0.3 is 15.0 Å². The van der Waals surface area contributed by atoms with E-state index in [0.29, 0.717) is 16.5 Å². The van der Waals surface area contributed by atoms with Crippen LogP contribution in [0.25, 0.3) is 17.0 Å². The Bertz CT molecular complexity index is 1160. The van der Waals surface area contributed by atoms with Crippen molar-refractivity contribution in [2.24, 2.45) is 0 Å². The van der Waals surface area contributed by atoms with Gasteiger partial charge in [-0.25, -0.2) is 9.69 Å². The number of carbonyl (C=O) groups is 3. The van der Waals surface area contributed by atoms with Crippen LogP contribution in [-0.2, 0) is 16.1 Å². The lowest BCUT2D eigenvalue weighted by Crippen LogP contribution is -2.35. The van der Waals surface area contributed by atoms with Gasteiger partial charge in [-0.15, -0.1) is 0 Å². The quantitative estimate of drug-likeness (QED) is 0.499. The average Bonchev–Trinajstić information content (AvgIpc) is 3.16. The van der Waals surface area contributed by atoms with Crippen LogP contribution < -0.4 is 5.32 Å². The van der Waals surface area contributed by atoms with Crippen LogP contribution in [0, 0.1) is 0 Å². The summed E-state index contributed by atoms with van der Waals surface area (Å²) in [6, 6.07) is 14.5. The highest BCUT2D eigenvalue weighted by atomic mass is 35.5. The molecule has 4 rings (SSSR count). The molecule has 0 unspecified atom stereocenters. The molecule has 0 bridgehead atoms. The van der Waals surface area contributed by atoms with Crippen molar-refractivity contribution >= 4 is 46.5 Å². The molecule has 2 aromatic carbocycles. The number of aromatic nitrogens is 1. The van der Waals surface area contributed by atoms with Crippen molar-refractivity contribution in [3.63, 3.8) is 0 Å². The maximum atomic E-state index is 12.4. The molecule has 29 heavy (non-hydrogen) atoms. The van der Waals surface area contributed by atoms with Gasteiger partial charge in [0.25, 0.3) is 5.91 Å². The third kappa shape index (κ3) is 3.72. The summed E-state index contributed by atoms with van der Waals surface area (Å²) >= 11 is 5.96. The van der Waals surface area contributed by atoms with Gasteiger partial charge in [-0.3, -0.25) is 9.59 Å². The minimum Gasteiger partial charge on any atom is -0.480 e. The molecule has 0 radical (unpaired) electrons. The molecule has 3 aromatic rings. The summed E-state index contributed by atoms with van der Waals surface area (Å²) in [6.45, 7) is -0.0768. The van der Waals surface area contributed by atoms with Crippen LogP contribution in [0.1, 0.15) is 11.1 Å². The number of carboxylic acids is 1. The molecule has 3 amide bonds. The Kier molecular flexibility index (Phi) is 4.82. The lowest BCUT2D eigenvalue weighted by atomic mass is 10.1. The summed E-state index contributed by atoms with van der Waals surface area (Å²) < 4.78 is 2.04. The van der Waals surface area contributed by atoms with Gasteiger partial charge >= 0.3 is 12.0 Å². The standard InChI is InChI=1S/C21H16ClN3O4/c22-15-7-5-13(6-8-15)10-24-11-14(16-3-1-2-4-18(16)24)9-17-20(28)25(12-19(26)27)21(29)23-17/h1-9,11H,10,12H2,(H,23,29)(H,26,27)/b17-9+. The maximum absolute atomic E-state index is 12.4. The highest BCUT2D eigenvalue weighted by molar-refractivity contribution is 6.30. The fraction of sp³-hybridized carbons (Fsp3) is 0.0952. The Labute approximate surface area is 170 Å². The van der Waals surface area contributed by atoms with E-state index in [1.165, 1.54) is 0 Å². The number of halogens is 1. The summed E-state index contributed by atoms with van der Waals surface area (Å²) in [7, 11) is 0. The predicted molar refractivity (Wildman–Crippen MR) is 108 cm³/mol. The number of urea groups is 1. The second kappa shape index (κ2) is 7.44. The van der Waals surface area contributed by atoms with Gasteiger partial charge in [0.1, 0.15) is 12.2 Å². The molecular formula is C21H16ClN3O4. The van der Waals surface area contributed by atoms with Crippen LogP contribution in [0.5, 0.6) is 0 Å². The zero-order chi connectivity index (χ0) is 20.5. The van der Waals surface area contributed by atoms with Gasteiger partial charge in [0.2, 0.25) is 0 Å². The first-order valence-electron chi connectivity index (χ1n) is 8.81. The Morgan fingerprint density at radius 2 is 1.83 bits per heavy atom. The van der Waals surface area contributed by atoms with E-state index in [-0.39, 0.29) is 5.70 Å². The number of nitrogens with one attached hydrogen (secondary N) is 1. The van der Waals surface area contributed by atoms with Crippen LogP contribution in [0.15, 0.2) is 60.4 Å². The highest BCUT2D eigenvalue weighted by Crippen LogP contribution is 2.25. The van der Waals surface area contributed by atoms with Gasteiger partial charge in [-0.05, 0) is 29.8 Å². The monoisotopic (exact) mass is 409 g/mol. The zero-order valence-electron chi connectivity index (χ0n) is 15.1. The molecule has 0 spiro atoms. The van der Waals surface area contributed by atoms with Crippen LogP contribution in [0.4, 0.5) is 4.79 Å². The second-order valence-electron chi connectivity index (χ2n) is 6.63. The van der Waals surface area contributed by atoms with Crippen molar-refractivity contribution in [1.29, 1.82) is 0 Å². The number of aliphatic carboxylic acids is 1. The number of imide groups is 1. The molecule has 0 atom stereocenters. The van der Waals surface area contributed by atoms with Gasteiger partial charge in [0, 0.05) is 34.2 Å². The number of fused-ring (bicyclic) bond motifs is 1. The molecule has 1 aliphatic heterocycles. The van der Waals surface area contributed by atoms with E-state index >= 15 is 0 Å². The molecule has 2 heterocycles. The molecule has 146 valence electrons. The number of carboxylic acid groups (broad SMARTS) is 1. The molecule has 1 aromatic heterocycles. The van der Waals surface area contributed by atoms with E-state index in [4.69, 9.17) is 16.7 Å². The van der Waals surface area contributed by atoms with Crippen molar-refractivity contribution < 1.29 is 19.5 Å². The van der Waals surface area contributed by atoms with Crippen molar-refractivity contribution in [3.05, 3.63) is 76.6 Å². The minimum absolute atomic E-state index is 0.0469. The molecule has 2 N–H and O–H groups in total. The molecular weight excluding hydrogens is 394 g/mol. The lowest BCUT2D eigenvalue weighted by molar-refractivity contribution is -0.140. The summed E-state index contributed by atoms with van der Waals surface area (Å²) in [5.74, 6) is -1.92. The van der Waals surface area contributed by atoms with E-state index in [1.54, 1.807) is 6.08 Å². The average molecular weight is 410 g/mol. The first-order valence-corrected chi connectivity index (χ1v) is 9.19. The first kappa shape index (κ1) is 18.8. The molecule has 0 saturated carbocycles. The topological polar surface area (TPSA) is 91.6 Å². The first-order chi connectivity index (χ1) is 13.9. The molecule has 7 nitrogen and oxygen atoms in total. The number of para-hydroxylation sites is 1. The number of amides is 3. The minimum atomic E-state index is -1.26. The van der Waals surface area contributed by atoms with Gasteiger partial charge in [-0.1, -0.05) is 41.9 Å². The lowest BCUT2D eigenvalue weighted by Gasteiger charge is -2.06. The third-order valence-electron chi connectivity index (χ3n) is 4.64. The largest absolute Gasteiger partial charge is 0.480 e. The van der Waals surface area contributed by atoms with E-state index in [2.05, 4.69) is 5.32 Å². The van der Waals surface area contributed by atoms with Gasteiger partial charge in [-0.2, -0.15) is 0 Å². The van der Waals surface area contributed by atoms with E-state index in [9.17, 15) is 14.4 Å². The molecule has 8 heteroatoms. The Morgan fingerprint density at radius 1 is 1.10 bits per heavy atom. The smallest absolute Gasteiger partial charge is 0.329 e. The molecule has 0 aliphatic carbocycles. The number of nitrogens with zero attached hydrogens (tertiary/aromatic N) is 2. The number of rotatable bonds is 5. The number of carbonyl (C=O) groups excluding carboxylic acids is 2. The normalized spacial score (nSPS) is 15.3. The summed E-state index contributed by atoms with van der Waals surface area (Å²) in [5, 5.41) is 12.9. The predicted octanol–water partition coefficient (Wildman–Crippen LogP) is 3.32. The van der Waals surface area contributed by atoms with E-state index in [0.717, 1.165) is 22.0 Å². The van der Waals surface area contributed by atoms with Gasteiger partial charge in [0.15, 0.2) is 0 Å². The van der Waals surface area contributed by atoms with Crippen LogP contribution in [0.2, 0.25) is 5.02 Å². The second-order valence-corrected chi connectivity index (χ2v) is 7.07. The summed E-state index contributed by atoms with van der Waals surface area (Å²) in [6.07, 6.45) is 3.47. The molecule has 1 fully saturated rings. The third-order valence-corrected chi connectivity index (χ3v) is 4.89. The van der Waals surface area contributed by atoms with E-state index < -0.39 is 24.5 Å². The maximum Gasteiger partial charge on any atom is 0.329 e. The number of benzene rings is 2. The van der Waals surface area contributed by atoms with Crippen molar-refractivity contribution in [2.45, 2.75) is 6.54 Å².